The number of hydrogen-bond donors (Lipinski definition) is 1. The highest BCUT2D eigenvalue weighted by molar-refractivity contribution is 7.99. The Morgan fingerprint density at radius 3 is 2.60 bits per heavy atom. The minimum atomic E-state index is -0.637. The lowest BCUT2D eigenvalue weighted by atomic mass is 9.92. The number of carbonyl (C=O) groups is 1. The van der Waals surface area contributed by atoms with Crippen molar-refractivity contribution >= 4 is 17.7 Å². The number of hydrogen-bond acceptors (Lipinski definition) is 3. The third kappa shape index (κ3) is 2.88. The second-order valence-electron chi connectivity index (χ2n) is 4.30. The molecule has 0 aromatic carbocycles. The van der Waals surface area contributed by atoms with Crippen molar-refractivity contribution in [3.63, 3.8) is 0 Å². The van der Waals surface area contributed by atoms with E-state index in [1.807, 2.05) is 30.5 Å². The van der Waals surface area contributed by atoms with Crippen LogP contribution in [0, 0.1) is 0 Å². The predicted octanol–water partition coefficient (Wildman–Crippen LogP) is 1.47. The van der Waals surface area contributed by atoms with Crippen LogP contribution >= 0.6 is 11.8 Å². The van der Waals surface area contributed by atoms with E-state index in [1.54, 1.807) is 0 Å². The summed E-state index contributed by atoms with van der Waals surface area (Å²) in [5, 5.41) is 0.542. The fourth-order valence-corrected chi connectivity index (χ4v) is 2.88. The van der Waals surface area contributed by atoms with Gasteiger partial charge in [0.2, 0.25) is 5.91 Å². The van der Waals surface area contributed by atoms with E-state index in [9.17, 15) is 4.79 Å². The second-order valence-corrected chi connectivity index (χ2v) is 5.84. The van der Waals surface area contributed by atoms with Crippen LogP contribution < -0.4 is 5.73 Å². The summed E-state index contributed by atoms with van der Waals surface area (Å²) in [6.45, 7) is 7.85. The Morgan fingerprint density at radius 1 is 1.53 bits per heavy atom. The van der Waals surface area contributed by atoms with Crippen LogP contribution in [0.5, 0.6) is 0 Å². The van der Waals surface area contributed by atoms with Crippen LogP contribution in [0.15, 0.2) is 0 Å². The van der Waals surface area contributed by atoms with Gasteiger partial charge in [0.1, 0.15) is 0 Å². The molecule has 0 bridgehead atoms. The van der Waals surface area contributed by atoms with Gasteiger partial charge in [-0.05, 0) is 12.8 Å². The number of thioether (sulfide) groups is 1. The van der Waals surface area contributed by atoms with Gasteiger partial charge in [0, 0.05) is 24.1 Å². The SMILES string of the molecule is CCC(N)(CC)C(=O)N1CCSC(C)C1. The molecule has 1 atom stereocenters. The molecule has 0 aliphatic carbocycles. The molecular formula is C11H22N2OS. The van der Waals surface area contributed by atoms with Gasteiger partial charge in [-0.1, -0.05) is 20.8 Å². The Balaban J connectivity index is 2.66. The fraction of sp³-hybridized carbons (Fsp3) is 0.909. The van der Waals surface area contributed by atoms with Crippen molar-refractivity contribution in [2.24, 2.45) is 5.73 Å². The summed E-state index contributed by atoms with van der Waals surface area (Å²) in [7, 11) is 0. The van der Waals surface area contributed by atoms with E-state index in [4.69, 9.17) is 5.73 Å². The summed E-state index contributed by atoms with van der Waals surface area (Å²) in [5.41, 5.74) is 5.48. The van der Waals surface area contributed by atoms with Gasteiger partial charge in [-0.15, -0.1) is 0 Å². The number of amides is 1. The minimum Gasteiger partial charge on any atom is -0.339 e. The van der Waals surface area contributed by atoms with Gasteiger partial charge >= 0.3 is 0 Å². The highest BCUT2D eigenvalue weighted by Gasteiger charge is 2.35. The zero-order valence-corrected chi connectivity index (χ0v) is 10.8. The molecule has 2 N–H and O–H groups in total. The zero-order valence-electron chi connectivity index (χ0n) is 9.95. The van der Waals surface area contributed by atoms with E-state index in [-0.39, 0.29) is 5.91 Å². The summed E-state index contributed by atoms with van der Waals surface area (Å²) >= 11 is 1.93. The first-order valence-corrected chi connectivity index (χ1v) is 6.78. The molecule has 1 fully saturated rings. The molecular weight excluding hydrogens is 208 g/mol. The molecule has 0 aromatic rings. The molecule has 1 amide bonds. The molecule has 88 valence electrons. The maximum Gasteiger partial charge on any atom is 0.242 e. The summed E-state index contributed by atoms with van der Waals surface area (Å²) < 4.78 is 0. The van der Waals surface area contributed by atoms with Crippen molar-refractivity contribution in [1.29, 1.82) is 0 Å². The molecule has 0 radical (unpaired) electrons. The first-order chi connectivity index (χ1) is 7.03. The van der Waals surface area contributed by atoms with Crippen LogP contribution in [-0.2, 0) is 4.79 Å². The van der Waals surface area contributed by atoms with Crippen LogP contribution in [0.3, 0.4) is 0 Å². The Labute approximate surface area is 96.8 Å². The average molecular weight is 230 g/mol. The monoisotopic (exact) mass is 230 g/mol. The van der Waals surface area contributed by atoms with Gasteiger partial charge in [-0.2, -0.15) is 11.8 Å². The molecule has 1 rings (SSSR count). The first kappa shape index (κ1) is 12.8. The van der Waals surface area contributed by atoms with Gasteiger partial charge in [0.05, 0.1) is 5.54 Å². The van der Waals surface area contributed by atoms with Crippen molar-refractivity contribution in [2.75, 3.05) is 18.8 Å². The van der Waals surface area contributed by atoms with E-state index >= 15 is 0 Å². The zero-order chi connectivity index (χ0) is 11.5. The predicted molar refractivity (Wildman–Crippen MR) is 66.0 cm³/mol. The largest absolute Gasteiger partial charge is 0.339 e. The van der Waals surface area contributed by atoms with Crippen molar-refractivity contribution < 1.29 is 4.79 Å². The highest BCUT2D eigenvalue weighted by Crippen LogP contribution is 2.22. The third-order valence-corrected chi connectivity index (χ3v) is 4.35. The molecule has 4 heteroatoms. The molecule has 1 aliphatic heterocycles. The second kappa shape index (κ2) is 5.21. The van der Waals surface area contributed by atoms with Gasteiger partial charge in [-0.3, -0.25) is 4.79 Å². The standard InChI is InChI=1S/C11H22N2OS/c1-4-11(12,5-2)10(14)13-6-7-15-9(3)8-13/h9H,4-8,12H2,1-3H3. The normalized spacial score (nSPS) is 22.9. The van der Waals surface area contributed by atoms with E-state index < -0.39 is 5.54 Å². The van der Waals surface area contributed by atoms with Gasteiger partial charge in [-0.25, -0.2) is 0 Å². The van der Waals surface area contributed by atoms with Crippen molar-refractivity contribution in [1.82, 2.24) is 4.90 Å². The quantitative estimate of drug-likeness (QED) is 0.798. The van der Waals surface area contributed by atoms with Crippen molar-refractivity contribution in [3.8, 4) is 0 Å². The summed E-state index contributed by atoms with van der Waals surface area (Å²) in [6.07, 6.45) is 1.45. The number of nitrogens with two attached hydrogens (primary N) is 1. The molecule has 1 unspecified atom stereocenters. The Hall–Kier alpha value is -0.220. The van der Waals surface area contributed by atoms with Crippen molar-refractivity contribution in [3.05, 3.63) is 0 Å². The lowest BCUT2D eigenvalue weighted by Crippen LogP contribution is -2.57. The average Bonchev–Trinajstić information content (AvgIpc) is 2.27. The Morgan fingerprint density at radius 2 is 2.13 bits per heavy atom. The Kier molecular flexibility index (Phi) is 4.46. The van der Waals surface area contributed by atoms with Crippen LogP contribution in [0.4, 0.5) is 0 Å². The lowest BCUT2D eigenvalue weighted by Gasteiger charge is -2.37. The smallest absolute Gasteiger partial charge is 0.242 e. The number of carbonyl (C=O) groups excluding carboxylic acids is 1. The first-order valence-electron chi connectivity index (χ1n) is 5.73. The molecule has 15 heavy (non-hydrogen) atoms. The van der Waals surface area contributed by atoms with Crippen LogP contribution in [0.25, 0.3) is 0 Å². The van der Waals surface area contributed by atoms with E-state index in [0.29, 0.717) is 5.25 Å². The maximum atomic E-state index is 12.2. The van der Waals surface area contributed by atoms with E-state index in [2.05, 4.69) is 6.92 Å². The number of rotatable bonds is 3. The lowest BCUT2D eigenvalue weighted by molar-refractivity contribution is -0.137. The highest BCUT2D eigenvalue weighted by atomic mass is 32.2. The van der Waals surface area contributed by atoms with Crippen LogP contribution in [0.1, 0.15) is 33.6 Å². The summed E-state index contributed by atoms with van der Waals surface area (Å²) in [6, 6.07) is 0. The molecule has 0 aromatic heterocycles. The van der Waals surface area contributed by atoms with Crippen LogP contribution in [0.2, 0.25) is 0 Å². The molecule has 1 saturated heterocycles. The third-order valence-electron chi connectivity index (χ3n) is 3.22. The molecule has 1 heterocycles. The molecule has 1 aliphatic rings. The molecule has 0 saturated carbocycles. The molecule has 3 nitrogen and oxygen atoms in total. The van der Waals surface area contributed by atoms with Gasteiger partial charge < -0.3 is 10.6 Å². The summed E-state index contributed by atoms with van der Waals surface area (Å²) in [4.78, 5) is 14.2. The topological polar surface area (TPSA) is 46.3 Å². The van der Waals surface area contributed by atoms with Crippen LogP contribution in [-0.4, -0.2) is 40.4 Å². The molecule has 0 spiro atoms. The fourth-order valence-electron chi connectivity index (χ4n) is 1.87. The number of nitrogens with zero attached hydrogens (tertiary/aromatic N) is 1. The van der Waals surface area contributed by atoms with Gasteiger partial charge in [0.15, 0.2) is 0 Å². The summed E-state index contributed by atoms with van der Waals surface area (Å²) in [5.74, 6) is 1.18. The minimum absolute atomic E-state index is 0.139. The Bertz CT molecular complexity index is 229. The van der Waals surface area contributed by atoms with E-state index in [1.165, 1.54) is 0 Å². The maximum absolute atomic E-state index is 12.2. The van der Waals surface area contributed by atoms with Crippen molar-refractivity contribution in [2.45, 2.75) is 44.4 Å². The van der Waals surface area contributed by atoms with Gasteiger partial charge in [0.25, 0.3) is 0 Å². The van der Waals surface area contributed by atoms with E-state index in [0.717, 1.165) is 31.7 Å².